The van der Waals surface area contributed by atoms with Crippen molar-refractivity contribution in [1.29, 1.82) is 0 Å². The van der Waals surface area contributed by atoms with Gasteiger partial charge in [-0.05, 0) is 63.5 Å². The molecule has 4 heterocycles. The third kappa shape index (κ3) is 1.86. The maximum atomic E-state index is 11.2. The Morgan fingerprint density at radius 2 is 1.95 bits per heavy atom. The first-order valence-corrected chi connectivity index (χ1v) is 8.52. The van der Waals surface area contributed by atoms with E-state index in [1.54, 1.807) is 0 Å². The Bertz CT molecular complexity index is 448. The highest BCUT2D eigenvalue weighted by molar-refractivity contribution is 6.30. The van der Waals surface area contributed by atoms with E-state index in [2.05, 4.69) is 9.80 Å². The number of carbonyl (C=O) groups excluding carboxylic acids is 1. The maximum absolute atomic E-state index is 11.2. The molecular formula is C16H23ClN2O. The third-order valence-electron chi connectivity index (χ3n) is 6.04. The normalized spacial score (nSPS) is 41.1. The highest BCUT2D eigenvalue weighted by Crippen LogP contribution is 2.46. The number of aldehydes is 1. The number of fused-ring (bicyclic) bond motifs is 2. The van der Waals surface area contributed by atoms with E-state index in [0.29, 0.717) is 6.04 Å². The second-order valence-corrected chi connectivity index (χ2v) is 7.29. The molecule has 0 unspecified atom stereocenters. The molecule has 4 aliphatic rings. The largest absolute Gasteiger partial charge is 0.358 e. The molecule has 3 saturated heterocycles. The van der Waals surface area contributed by atoms with Gasteiger partial charge in [0.25, 0.3) is 0 Å². The highest BCUT2D eigenvalue weighted by atomic mass is 35.5. The minimum Gasteiger partial charge on any atom is -0.358 e. The van der Waals surface area contributed by atoms with Crippen LogP contribution in [0.2, 0.25) is 0 Å². The average molecular weight is 295 g/mol. The fourth-order valence-electron chi connectivity index (χ4n) is 5.29. The van der Waals surface area contributed by atoms with Crippen molar-refractivity contribution in [2.45, 2.75) is 50.6 Å². The zero-order valence-corrected chi connectivity index (χ0v) is 12.7. The molecule has 0 N–H and O–H groups in total. The quantitative estimate of drug-likeness (QED) is 0.549. The lowest BCUT2D eigenvalue weighted by molar-refractivity contribution is -0.105. The van der Waals surface area contributed by atoms with E-state index in [4.69, 9.17) is 11.6 Å². The van der Waals surface area contributed by atoms with Crippen molar-refractivity contribution in [2.75, 3.05) is 19.6 Å². The molecule has 3 fully saturated rings. The molecular weight excluding hydrogens is 272 g/mol. The van der Waals surface area contributed by atoms with E-state index in [0.717, 1.165) is 54.3 Å². The summed E-state index contributed by atoms with van der Waals surface area (Å²) in [4.78, 5) is 16.3. The summed E-state index contributed by atoms with van der Waals surface area (Å²) in [6, 6.07) is 1.37. The van der Waals surface area contributed by atoms with Crippen LogP contribution >= 0.6 is 11.6 Å². The zero-order valence-electron chi connectivity index (χ0n) is 11.9. The van der Waals surface area contributed by atoms with Gasteiger partial charge in [0.1, 0.15) is 11.4 Å². The van der Waals surface area contributed by atoms with Crippen molar-refractivity contribution in [1.82, 2.24) is 9.80 Å². The molecule has 0 bridgehead atoms. The van der Waals surface area contributed by atoms with Crippen molar-refractivity contribution in [3.63, 3.8) is 0 Å². The Balaban J connectivity index is 1.68. The van der Waals surface area contributed by atoms with Gasteiger partial charge in [0.15, 0.2) is 0 Å². The van der Waals surface area contributed by atoms with Crippen LogP contribution in [0.15, 0.2) is 10.7 Å². The molecule has 0 saturated carbocycles. The van der Waals surface area contributed by atoms with Crippen molar-refractivity contribution < 1.29 is 4.79 Å². The van der Waals surface area contributed by atoms with Crippen molar-refractivity contribution in [3.8, 4) is 0 Å². The second-order valence-electron chi connectivity index (χ2n) is 6.93. The van der Waals surface area contributed by atoms with Crippen molar-refractivity contribution >= 4 is 17.9 Å². The van der Waals surface area contributed by atoms with Crippen molar-refractivity contribution in [3.05, 3.63) is 10.7 Å². The van der Waals surface area contributed by atoms with Crippen LogP contribution in [-0.4, -0.2) is 47.8 Å². The van der Waals surface area contributed by atoms with Crippen LogP contribution in [0.3, 0.4) is 0 Å². The van der Waals surface area contributed by atoms with Gasteiger partial charge in [-0.1, -0.05) is 11.6 Å². The smallest absolute Gasteiger partial charge is 0.149 e. The molecule has 0 radical (unpaired) electrons. The molecule has 110 valence electrons. The van der Waals surface area contributed by atoms with E-state index in [1.807, 2.05) is 0 Å². The predicted molar refractivity (Wildman–Crippen MR) is 79.5 cm³/mol. The van der Waals surface area contributed by atoms with E-state index >= 15 is 0 Å². The fraction of sp³-hybridized carbons (Fsp3) is 0.812. The lowest BCUT2D eigenvalue weighted by Crippen LogP contribution is -2.64. The molecule has 4 atom stereocenters. The number of nitrogens with zero attached hydrogens (tertiary/aromatic N) is 2. The Morgan fingerprint density at radius 1 is 1.15 bits per heavy atom. The standard InChI is InChI=1S/C16H23ClN2O/c17-16-12(10-20)5-6-14-13-4-2-8-18-7-1-3-11(15(13)18)9-19(14)16/h10-11,13-15H,1-9H2/t11-,13+,14+,15-/m0/s1. The summed E-state index contributed by atoms with van der Waals surface area (Å²) < 4.78 is 0. The first-order valence-electron chi connectivity index (χ1n) is 8.14. The number of halogens is 1. The predicted octanol–water partition coefficient (Wildman–Crippen LogP) is 2.60. The number of piperidine rings is 3. The summed E-state index contributed by atoms with van der Waals surface area (Å²) in [7, 11) is 0. The third-order valence-corrected chi connectivity index (χ3v) is 6.50. The number of carbonyl (C=O) groups is 1. The Labute approximate surface area is 125 Å². The van der Waals surface area contributed by atoms with Crippen LogP contribution in [0, 0.1) is 11.8 Å². The molecule has 4 aliphatic heterocycles. The van der Waals surface area contributed by atoms with Gasteiger partial charge in [-0.2, -0.15) is 0 Å². The minimum atomic E-state index is 0.577. The molecule has 0 aromatic heterocycles. The Hall–Kier alpha value is -0.540. The Kier molecular flexibility index (Phi) is 3.30. The van der Waals surface area contributed by atoms with Gasteiger partial charge < -0.3 is 4.90 Å². The summed E-state index contributed by atoms with van der Waals surface area (Å²) in [5.74, 6) is 1.52. The molecule has 0 spiro atoms. The van der Waals surface area contributed by atoms with Crippen LogP contribution in [0.1, 0.15) is 38.5 Å². The molecule has 0 aromatic carbocycles. The minimum absolute atomic E-state index is 0.577. The first kappa shape index (κ1) is 13.1. The summed E-state index contributed by atoms with van der Waals surface area (Å²) >= 11 is 6.52. The van der Waals surface area contributed by atoms with Gasteiger partial charge in [0.05, 0.1) is 0 Å². The molecule has 4 rings (SSSR count). The van der Waals surface area contributed by atoms with Crippen LogP contribution in [-0.2, 0) is 4.79 Å². The van der Waals surface area contributed by atoms with E-state index in [9.17, 15) is 4.79 Å². The van der Waals surface area contributed by atoms with Crippen LogP contribution < -0.4 is 0 Å². The summed E-state index contributed by atoms with van der Waals surface area (Å²) in [6.45, 7) is 3.67. The molecule has 0 amide bonds. The summed E-state index contributed by atoms with van der Waals surface area (Å²) in [5.41, 5.74) is 0.824. The lowest BCUT2D eigenvalue weighted by atomic mass is 9.68. The SMILES string of the molecule is O=CC1=C(Cl)N2C[C@@H]3CCCN4CCC[C@@H]([C@H]34)[C@H]2CC1. The van der Waals surface area contributed by atoms with E-state index < -0.39 is 0 Å². The topological polar surface area (TPSA) is 23.6 Å². The number of allylic oxidation sites excluding steroid dienone is 1. The van der Waals surface area contributed by atoms with Gasteiger partial charge in [-0.25, -0.2) is 0 Å². The lowest BCUT2D eigenvalue weighted by Gasteiger charge is -2.59. The fourth-order valence-corrected chi connectivity index (χ4v) is 5.62. The molecule has 4 heteroatoms. The molecule has 20 heavy (non-hydrogen) atoms. The second kappa shape index (κ2) is 5.03. The molecule has 0 aromatic rings. The van der Waals surface area contributed by atoms with Crippen LogP contribution in [0.25, 0.3) is 0 Å². The van der Waals surface area contributed by atoms with Gasteiger partial charge in [-0.15, -0.1) is 0 Å². The molecule has 3 nitrogen and oxygen atoms in total. The van der Waals surface area contributed by atoms with Gasteiger partial charge in [0.2, 0.25) is 0 Å². The van der Waals surface area contributed by atoms with Gasteiger partial charge >= 0.3 is 0 Å². The maximum Gasteiger partial charge on any atom is 0.149 e. The van der Waals surface area contributed by atoms with Crippen LogP contribution in [0.5, 0.6) is 0 Å². The summed E-state index contributed by atoms with van der Waals surface area (Å²) in [6.07, 6.45) is 8.30. The summed E-state index contributed by atoms with van der Waals surface area (Å²) in [5, 5.41) is 0.761. The van der Waals surface area contributed by atoms with Gasteiger partial charge in [-0.3, -0.25) is 9.69 Å². The van der Waals surface area contributed by atoms with E-state index in [-0.39, 0.29) is 0 Å². The number of hydrogen-bond donors (Lipinski definition) is 0. The van der Waals surface area contributed by atoms with Crippen LogP contribution in [0.4, 0.5) is 0 Å². The van der Waals surface area contributed by atoms with Gasteiger partial charge in [0, 0.05) is 24.2 Å². The zero-order chi connectivity index (χ0) is 13.7. The van der Waals surface area contributed by atoms with E-state index in [1.165, 1.54) is 38.8 Å². The Morgan fingerprint density at radius 3 is 2.75 bits per heavy atom. The highest BCUT2D eigenvalue weighted by Gasteiger charge is 2.49. The van der Waals surface area contributed by atoms with Crippen molar-refractivity contribution in [2.24, 2.45) is 11.8 Å². The number of rotatable bonds is 1. The average Bonchev–Trinajstić information content (AvgIpc) is 2.49. The first-order chi connectivity index (χ1) is 9.79. The molecule has 0 aliphatic carbocycles. The number of hydrogen-bond acceptors (Lipinski definition) is 3. The monoisotopic (exact) mass is 294 g/mol.